The molecule has 3 aromatic rings. The van der Waals surface area contributed by atoms with Crippen LogP contribution in [0.4, 0.5) is 0 Å². The molecule has 0 spiro atoms. The van der Waals surface area contributed by atoms with E-state index in [-0.39, 0.29) is 11.1 Å². The second kappa shape index (κ2) is 10.9. The lowest BCUT2D eigenvalue weighted by Crippen LogP contribution is -2.12. The van der Waals surface area contributed by atoms with E-state index in [1.165, 1.54) is 6.07 Å². The maximum absolute atomic E-state index is 12.7. The van der Waals surface area contributed by atoms with Crippen LogP contribution in [0.3, 0.4) is 0 Å². The highest BCUT2D eigenvalue weighted by Crippen LogP contribution is 2.22. The first-order valence-electron chi connectivity index (χ1n) is 10.6. The van der Waals surface area contributed by atoms with E-state index in [4.69, 9.17) is 9.47 Å². The zero-order valence-electron chi connectivity index (χ0n) is 19.0. The topological polar surface area (TPSA) is 52.6 Å². The van der Waals surface area contributed by atoms with Gasteiger partial charge < -0.3 is 9.47 Å². The first-order valence-corrected chi connectivity index (χ1v) is 10.6. The van der Waals surface area contributed by atoms with E-state index >= 15 is 0 Å². The highest BCUT2D eigenvalue weighted by atomic mass is 16.5. The first kappa shape index (κ1) is 23.5. The van der Waals surface area contributed by atoms with Crippen molar-refractivity contribution in [1.82, 2.24) is 0 Å². The maximum atomic E-state index is 12.7. The Bertz CT molecular complexity index is 1250. The van der Waals surface area contributed by atoms with Crippen molar-refractivity contribution in [2.24, 2.45) is 0 Å². The standard InChI is InChI=1S/C29H26O4/c1-5-7-10-23-19-27(16-14-21(23)4)33-29(31)25-12-8-11-24(17-25)28(30)32-26-15-13-20(3)22(18-26)9-6-2/h5-19H,1H2,2-4H3/b9-6-,10-7-. The van der Waals surface area contributed by atoms with E-state index in [0.717, 1.165) is 22.3 Å². The van der Waals surface area contributed by atoms with Gasteiger partial charge in [-0.05, 0) is 85.5 Å². The molecule has 0 radical (unpaired) electrons. The number of carbonyl (C=O) groups is 2. The number of hydrogen-bond acceptors (Lipinski definition) is 4. The summed E-state index contributed by atoms with van der Waals surface area (Å²) in [5.74, 6) is -0.255. The third-order valence-electron chi connectivity index (χ3n) is 5.01. The Labute approximate surface area is 194 Å². The van der Waals surface area contributed by atoms with Gasteiger partial charge in [0, 0.05) is 0 Å². The van der Waals surface area contributed by atoms with E-state index in [9.17, 15) is 9.59 Å². The molecule has 0 amide bonds. The molecule has 0 fully saturated rings. The summed E-state index contributed by atoms with van der Waals surface area (Å²) in [5, 5.41) is 0. The molecule has 0 saturated heterocycles. The number of aryl methyl sites for hydroxylation is 2. The van der Waals surface area contributed by atoms with Gasteiger partial charge in [-0.15, -0.1) is 0 Å². The van der Waals surface area contributed by atoms with E-state index in [1.807, 2.05) is 57.2 Å². The molecular weight excluding hydrogens is 412 g/mol. The summed E-state index contributed by atoms with van der Waals surface area (Å²) in [7, 11) is 0. The van der Waals surface area contributed by atoms with Gasteiger partial charge in [0.1, 0.15) is 11.5 Å². The minimum absolute atomic E-state index is 0.256. The van der Waals surface area contributed by atoms with Crippen LogP contribution in [-0.2, 0) is 0 Å². The number of ether oxygens (including phenoxy) is 2. The second-order valence-electron chi connectivity index (χ2n) is 7.49. The van der Waals surface area contributed by atoms with Crippen LogP contribution in [0.2, 0.25) is 0 Å². The molecule has 0 aromatic heterocycles. The Kier molecular flexibility index (Phi) is 7.77. The van der Waals surface area contributed by atoms with E-state index < -0.39 is 11.9 Å². The first-order chi connectivity index (χ1) is 15.9. The number of esters is 2. The van der Waals surface area contributed by atoms with Gasteiger partial charge in [0.05, 0.1) is 11.1 Å². The molecule has 0 aliphatic rings. The molecule has 0 bridgehead atoms. The molecular formula is C29H26O4. The van der Waals surface area contributed by atoms with Crippen molar-refractivity contribution in [3.8, 4) is 11.5 Å². The summed E-state index contributed by atoms with van der Waals surface area (Å²) in [6.07, 6.45) is 9.27. The predicted octanol–water partition coefficient (Wildman–Crippen LogP) is 6.97. The molecule has 3 aromatic carbocycles. The molecule has 0 saturated carbocycles. The number of benzene rings is 3. The van der Waals surface area contributed by atoms with Gasteiger partial charge >= 0.3 is 11.9 Å². The lowest BCUT2D eigenvalue weighted by atomic mass is 10.1. The Hall–Kier alpha value is -4.18. The van der Waals surface area contributed by atoms with Crippen LogP contribution in [0, 0.1) is 13.8 Å². The fourth-order valence-corrected chi connectivity index (χ4v) is 3.18. The summed E-state index contributed by atoms with van der Waals surface area (Å²) in [6, 6.07) is 17.1. The highest BCUT2D eigenvalue weighted by Gasteiger charge is 2.15. The van der Waals surface area contributed by atoms with Gasteiger partial charge in [-0.25, -0.2) is 9.59 Å². The lowest BCUT2D eigenvalue weighted by molar-refractivity contribution is 0.0734. The summed E-state index contributed by atoms with van der Waals surface area (Å²) in [6.45, 7) is 9.56. The predicted molar refractivity (Wildman–Crippen MR) is 133 cm³/mol. The fraction of sp³-hybridized carbons (Fsp3) is 0.103. The van der Waals surface area contributed by atoms with E-state index in [0.29, 0.717) is 11.5 Å². The van der Waals surface area contributed by atoms with Crippen molar-refractivity contribution in [3.05, 3.63) is 119 Å². The Morgan fingerprint density at radius 2 is 1.27 bits per heavy atom. The molecule has 3 rings (SSSR count). The van der Waals surface area contributed by atoms with Crippen LogP contribution in [0.1, 0.15) is 49.9 Å². The Morgan fingerprint density at radius 3 is 1.76 bits per heavy atom. The Balaban J connectivity index is 1.76. The van der Waals surface area contributed by atoms with Gasteiger partial charge in [0.2, 0.25) is 0 Å². The molecule has 4 heteroatoms. The van der Waals surface area contributed by atoms with Gasteiger partial charge in [-0.1, -0.05) is 55.2 Å². The lowest BCUT2D eigenvalue weighted by Gasteiger charge is -2.09. The summed E-state index contributed by atoms with van der Waals surface area (Å²) in [5.41, 5.74) is 4.54. The van der Waals surface area contributed by atoms with Crippen molar-refractivity contribution < 1.29 is 19.1 Å². The average Bonchev–Trinajstić information content (AvgIpc) is 2.81. The minimum atomic E-state index is -0.558. The van der Waals surface area contributed by atoms with Crippen molar-refractivity contribution in [2.75, 3.05) is 0 Å². The number of hydrogen-bond donors (Lipinski definition) is 0. The van der Waals surface area contributed by atoms with Crippen molar-refractivity contribution in [3.63, 3.8) is 0 Å². The van der Waals surface area contributed by atoms with Crippen molar-refractivity contribution in [1.29, 1.82) is 0 Å². The van der Waals surface area contributed by atoms with Crippen LogP contribution in [0.15, 0.2) is 85.5 Å². The average molecular weight is 439 g/mol. The van der Waals surface area contributed by atoms with Gasteiger partial charge in [-0.3, -0.25) is 0 Å². The fourth-order valence-electron chi connectivity index (χ4n) is 3.18. The summed E-state index contributed by atoms with van der Waals surface area (Å²) >= 11 is 0. The molecule has 33 heavy (non-hydrogen) atoms. The largest absolute Gasteiger partial charge is 0.423 e. The SMILES string of the molecule is C=C/C=C\c1cc(OC(=O)c2cccc(C(=O)Oc3ccc(C)c(/C=C\C)c3)c2)ccc1C. The smallest absolute Gasteiger partial charge is 0.343 e. The second-order valence-corrected chi connectivity index (χ2v) is 7.49. The third kappa shape index (κ3) is 6.17. The molecule has 166 valence electrons. The summed E-state index contributed by atoms with van der Waals surface area (Å²) in [4.78, 5) is 25.4. The Morgan fingerprint density at radius 1 is 0.758 bits per heavy atom. The van der Waals surface area contributed by atoms with Crippen molar-refractivity contribution in [2.45, 2.75) is 20.8 Å². The van der Waals surface area contributed by atoms with Gasteiger partial charge in [0.15, 0.2) is 0 Å². The molecule has 0 atom stereocenters. The minimum Gasteiger partial charge on any atom is -0.423 e. The maximum Gasteiger partial charge on any atom is 0.343 e. The zero-order chi connectivity index (χ0) is 23.8. The number of rotatable bonds is 7. The van der Waals surface area contributed by atoms with Crippen LogP contribution in [0.5, 0.6) is 11.5 Å². The van der Waals surface area contributed by atoms with E-state index in [2.05, 4.69) is 6.58 Å². The third-order valence-corrected chi connectivity index (χ3v) is 5.01. The quantitative estimate of drug-likeness (QED) is 0.227. The van der Waals surface area contributed by atoms with Crippen molar-refractivity contribution >= 4 is 24.1 Å². The molecule has 0 N–H and O–H groups in total. The monoisotopic (exact) mass is 438 g/mol. The summed E-state index contributed by atoms with van der Waals surface area (Å²) < 4.78 is 11.0. The molecule has 0 unspecified atom stereocenters. The van der Waals surface area contributed by atoms with E-state index in [1.54, 1.807) is 48.5 Å². The van der Waals surface area contributed by atoms with Crippen LogP contribution in [0.25, 0.3) is 12.2 Å². The number of allylic oxidation sites excluding steroid dienone is 3. The zero-order valence-corrected chi connectivity index (χ0v) is 19.0. The number of carbonyl (C=O) groups excluding carboxylic acids is 2. The van der Waals surface area contributed by atoms with Crippen LogP contribution >= 0.6 is 0 Å². The molecule has 0 aliphatic heterocycles. The normalized spacial score (nSPS) is 11.0. The van der Waals surface area contributed by atoms with Crippen LogP contribution < -0.4 is 9.47 Å². The van der Waals surface area contributed by atoms with Gasteiger partial charge in [0.25, 0.3) is 0 Å². The molecule has 0 heterocycles. The van der Waals surface area contributed by atoms with Gasteiger partial charge in [-0.2, -0.15) is 0 Å². The molecule has 0 aliphatic carbocycles. The highest BCUT2D eigenvalue weighted by molar-refractivity contribution is 5.96. The molecule has 4 nitrogen and oxygen atoms in total. The van der Waals surface area contributed by atoms with Crippen LogP contribution in [-0.4, -0.2) is 11.9 Å².